The second-order valence-electron chi connectivity index (χ2n) is 2.58. The lowest BCUT2D eigenvalue weighted by molar-refractivity contribution is -0.115. The minimum absolute atomic E-state index is 0.0500. The summed E-state index contributed by atoms with van der Waals surface area (Å²) in [4.78, 5) is 9.93. The maximum absolute atomic E-state index is 10.9. The highest BCUT2D eigenvalue weighted by Crippen LogP contribution is 1.99. The molecule has 4 nitrogen and oxygen atoms in total. The predicted molar refractivity (Wildman–Crippen MR) is 45.6 cm³/mol. The Morgan fingerprint density at radius 3 is 2.50 bits per heavy atom. The summed E-state index contributed by atoms with van der Waals surface area (Å²) in [6.07, 6.45) is -0.0331. The van der Waals surface area contributed by atoms with E-state index in [4.69, 9.17) is 5.11 Å². The predicted octanol–water partition coefficient (Wildman–Crippen LogP) is -0.239. The van der Waals surface area contributed by atoms with E-state index in [0.29, 0.717) is 12.7 Å². The number of aldehydes is 1. The number of aliphatic hydroxyl groups is 1. The van der Waals surface area contributed by atoms with Gasteiger partial charge in [-0.15, -0.1) is 0 Å². The first-order valence-electron chi connectivity index (χ1n) is 3.85. The molecule has 0 aliphatic rings. The molecule has 1 N–H and O–H groups in total. The van der Waals surface area contributed by atoms with Gasteiger partial charge in [0.25, 0.3) is 0 Å². The maximum Gasteiger partial charge on any atom is 0.150 e. The monoisotopic (exact) mass is 194 g/mol. The van der Waals surface area contributed by atoms with Gasteiger partial charge in [-0.2, -0.15) is 0 Å². The molecule has 72 valence electrons. The normalized spacial score (nSPS) is 14.2. The molecule has 0 fully saturated rings. The third kappa shape index (κ3) is 5.26. The first kappa shape index (κ1) is 11.6. The van der Waals surface area contributed by atoms with Gasteiger partial charge in [0.1, 0.15) is 22.2 Å². The Hall–Kier alpha value is -0.420. The van der Waals surface area contributed by atoms with Gasteiger partial charge in [-0.1, -0.05) is 6.92 Å². The van der Waals surface area contributed by atoms with Crippen LogP contribution in [0.3, 0.4) is 0 Å². The molecule has 0 aliphatic carbocycles. The fourth-order valence-electron chi connectivity index (χ4n) is 0.725. The van der Waals surface area contributed by atoms with Crippen molar-refractivity contribution < 1.29 is 18.3 Å². The lowest BCUT2D eigenvalue weighted by atomic mass is 10.2. The highest BCUT2D eigenvalue weighted by atomic mass is 32.2. The number of rotatable bonds is 6. The molecule has 0 heterocycles. The maximum atomic E-state index is 10.9. The first-order valence-corrected chi connectivity index (χ1v) is 5.67. The quantitative estimate of drug-likeness (QED) is 0.592. The molecule has 5 heteroatoms. The zero-order valence-electron chi connectivity index (χ0n) is 7.06. The van der Waals surface area contributed by atoms with Crippen LogP contribution in [0, 0.1) is 0 Å². The van der Waals surface area contributed by atoms with Gasteiger partial charge in [0.15, 0.2) is 0 Å². The zero-order chi connectivity index (χ0) is 9.61. The van der Waals surface area contributed by atoms with Gasteiger partial charge in [-0.3, -0.25) is 0 Å². The van der Waals surface area contributed by atoms with Crippen LogP contribution in [0.5, 0.6) is 0 Å². The molecule has 0 aromatic rings. The van der Waals surface area contributed by atoms with Crippen molar-refractivity contribution in [1.82, 2.24) is 0 Å². The van der Waals surface area contributed by atoms with Crippen molar-refractivity contribution in [3.05, 3.63) is 0 Å². The molecule has 0 radical (unpaired) electrons. The van der Waals surface area contributed by atoms with E-state index in [1.165, 1.54) is 0 Å². The lowest BCUT2D eigenvalue weighted by Crippen LogP contribution is -2.13. The van der Waals surface area contributed by atoms with Gasteiger partial charge >= 0.3 is 0 Å². The van der Waals surface area contributed by atoms with Gasteiger partial charge < -0.3 is 9.90 Å². The minimum Gasteiger partial charge on any atom is -0.386 e. The van der Waals surface area contributed by atoms with Crippen molar-refractivity contribution in [1.29, 1.82) is 0 Å². The Labute approximate surface area is 72.5 Å². The number of carbonyl (C=O) groups is 1. The average molecular weight is 194 g/mol. The van der Waals surface area contributed by atoms with Crippen molar-refractivity contribution >= 4 is 16.1 Å². The van der Waals surface area contributed by atoms with Crippen LogP contribution < -0.4 is 0 Å². The fourth-order valence-corrected chi connectivity index (χ4v) is 1.62. The van der Waals surface area contributed by atoms with E-state index in [0.717, 1.165) is 0 Å². The third-order valence-corrected chi connectivity index (χ3v) is 3.34. The Bertz CT molecular complexity index is 220. The van der Waals surface area contributed by atoms with Crippen LogP contribution >= 0.6 is 0 Å². The minimum atomic E-state index is -2.95. The van der Waals surface area contributed by atoms with Crippen molar-refractivity contribution in [3.63, 3.8) is 0 Å². The van der Waals surface area contributed by atoms with E-state index in [2.05, 4.69) is 0 Å². The summed E-state index contributed by atoms with van der Waals surface area (Å²) in [6, 6.07) is 0. The Morgan fingerprint density at radius 1 is 1.50 bits per heavy atom. The van der Waals surface area contributed by atoms with Crippen LogP contribution in [-0.4, -0.2) is 37.4 Å². The van der Waals surface area contributed by atoms with E-state index >= 15 is 0 Å². The van der Waals surface area contributed by atoms with Crippen LogP contribution in [0.4, 0.5) is 0 Å². The van der Waals surface area contributed by atoms with Crippen molar-refractivity contribution in [2.75, 3.05) is 11.5 Å². The molecule has 12 heavy (non-hydrogen) atoms. The van der Waals surface area contributed by atoms with E-state index < -0.39 is 15.9 Å². The summed E-state index contributed by atoms with van der Waals surface area (Å²) in [6.45, 7) is 1.57. The molecule has 0 aromatic carbocycles. The highest BCUT2D eigenvalue weighted by molar-refractivity contribution is 7.91. The molecular formula is C7H14O4S. The van der Waals surface area contributed by atoms with Crippen LogP contribution in [0.1, 0.15) is 19.8 Å². The molecule has 1 atom stereocenters. The number of sulfone groups is 1. The lowest BCUT2D eigenvalue weighted by Gasteiger charge is -2.02. The van der Waals surface area contributed by atoms with E-state index in [1.807, 2.05) is 0 Å². The smallest absolute Gasteiger partial charge is 0.150 e. The summed E-state index contributed by atoms with van der Waals surface area (Å²) in [5, 5.41) is 8.76. The fraction of sp³-hybridized carbons (Fsp3) is 0.857. The van der Waals surface area contributed by atoms with Crippen LogP contribution in [0.25, 0.3) is 0 Å². The van der Waals surface area contributed by atoms with Gasteiger partial charge in [-0.25, -0.2) is 8.42 Å². The second kappa shape index (κ2) is 5.27. The second-order valence-corrected chi connectivity index (χ2v) is 5.05. The molecule has 0 aliphatic heterocycles. The largest absolute Gasteiger partial charge is 0.386 e. The van der Waals surface area contributed by atoms with Crippen molar-refractivity contribution in [2.45, 2.75) is 25.9 Å². The van der Waals surface area contributed by atoms with E-state index in [-0.39, 0.29) is 17.9 Å². The molecular weight excluding hydrogens is 180 g/mol. The molecule has 0 aromatic heterocycles. The summed E-state index contributed by atoms with van der Waals surface area (Å²) < 4.78 is 21.8. The van der Waals surface area contributed by atoms with Gasteiger partial charge in [0.2, 0.25) is 0 Å². The average Bonchev–Trinajstić information content (AvgIpc) is 2.04. The first-order chi connectivity index (χ1) is 5.52. The molecule has 0 spiro atoms. The van der Waals surface area contributed by atoms with Crippen LogP contribution in [0.15, 0.2) is 0 Å². The topological polar surface area (TPSA) is 71.4 Å². The molecule has 1 unspecified atom stereocenters. The van der Waals surface area contributed by atoms with Crippen LogP contribution in [0.2, 0.25) is 0 Å². The van der Waals surface area contributed by atoms with Gasteiger partial charge in [0.05, 0.1) is 5.75 Å². The van der Waals surface area contributed by atoms with Gasteiger partial charge in [-0.05, 0) is 12.8 Å². The number of carbonyl (C=O) groups excluding carboxylic acids is 1. The standard InChI is InChI=1S/C7H14O4S/c1-2-12(10,11)5-3-4-7(9)6-8/h6-7,9H,2-5H2,1H3. The van der Waals surface area contributed by atoms with Gasteiger partial charge in [0, 0.05) is 5.75 Å². The molecule has 0 rings (SSSR count). The Kier molecular flexibility index (Phi) is 5.08. The molecule has 0 bridgehead atoms. The Balaban J connectivity index is 3.64. The third-order valence-electron chi connectivity index (χ3n) is 1.55. The molecule has 0 saturated heterocycles. The summed E-state index contributed by atoms with van der Waals surface area (Å²) in [7, 11) is -2.95. The summed E-state index contributed by atoms with van der Waals surface area (Å²) in [5.41, 5.74) is 0. The number of hydrogen-bond acceptors (Lipinski definition) is 4. The highest BCUT2D eigenvalue weighted by Gasteiger charge is 2.08. The van der Waals surface area contributed by atoms with E-state index in [9.17, 15) is 13.2 Å². The van der Waals surface area contributed by atoms with Crippen LogP contribution in [-0.2, 0) is 14.6 Å². The zero-order valence-corrected chi connectivity index (χ0v) is 7.88. The summed E-state index contributed by atoms with van der Waals surface area (Å²) >= 11 is 0. The summed E-state index contributed by atoms with van der Waals surface area (Å²) in [5.74, 6) is 0.165. The van der Waals surface area contributed by atoms with Crippen molar-refractivity contribution in [3.8, 4) is 0 Å². The number of hydrogen-bond donors (Lipinski definition) is 1. The van der Waals surface area contributed by atoms with E-state index in [1.54, 1.807) is 6.92 Å². The molecule has 0 amide bonds. The SMILES string of the molecule is CCS(=O)(=O)CCCC(O)C=O. The number of aliphatic hydroxyl groups excluding tert-OH is 1. The molecule has 0 saturated carbocycles. The Morgan fingerprint density at radius 2 is 2.08 bits per heavy atom. The van der Waals surface area contributed by atoms with Crippen molar-refractivity contribution in [2.24, 2.45) is 0 Å².